The number of carbonyl (C=O) groups is 1. The smallest absolute Gasteiger partial charge is 0.320 e. The average molecular weight is 531 g/mol. The van der Waals surface area contributed by atoms with Crippen molar-refractivity contribution >= 4 is 46.2 Å². The molecule has 3 aromatic rings. The average Bonchev–Trinajstić information content (AvgIpc) is 3.14. The number of nitrogens with zero attached hydrogens (tertiary/aromatic N) is 6. The maximum atomic E-state index is 11.9. The predicted octanol–water partition coefficient (Wildman–Crippen LogP) is 4.76. The summed E-state index contributed by atoms with van der Waals surface area (Å²) in [4.78, 5) is 26.1. The Morgan fingerprint density at radius 2 is 2.03 bits per heavy atom. The molecule has 192 valence electrons. The summed E-state index contributed by atoms with van der Waals surface area (Å²) in [6.07, 6.45) is 4.18. The van der Waals surface area contributed by atoms with Crippen LogP contribution in [0.2, 0.25) is 10.0 Å². The minimum absolute atomic E-state index is 0.118. The highest BCUT2D eigenvalue weighted by Crippen LogP contribution is 2.35. The molecular weight excluding hydrogens is 499 g/mol. The number of piperidine rings is 1. The molecule has 36 heavy (non-hydrogen) atoms. The molecule has 5 rings (SSSR count). The minimum atomic E-state index is -0.127. The van der Waals surface area contributed by atoms with E-state index in [0.29, 0.717) is 35.0 Å². The number of anilines is 1. The SMILES string of the molecule is CCOC(=O)CN1CCC[C@@H](C2CN(c3cnc4c(C)nn([C@H](C)c5ccc(Cl)cc5Cl)c4n3)C2)C1. The van der Waals surface area contributed by atoms with Gasteiger partial charge >= 0.3 is 5.97 Å². The van der Waals surface area contributed by atoms with Crippen molar-refractivity contribution in [1.29, 1.82) is 0 Å². The first kappa shape index (κ1) is 25.2. The van der Waals surface area contributed by atoms with E-state index in [0.717, 1.165) is 60.8 Å². The summed E-state index contributed by atoms with van der Waals surface area (Å²) >= 11 is 12.6. The first-order chi connectivity index (χ1) is 17.3. The molecule has 0 N–H and O–H groups in total. The van der Waals surface area contributed by atoms with Crippen LogP contribution in [0.15, 0.2) is 24.4 Å². The lowest BCUT2D eigenvalue weighted by atomic mass is 9.80. The maximum Gasteiger partial charge on any atom is 0.320 e. The van der Waals surface area contributed by atoms with Crippen LogP contribution in [0.3, 0.4) is 0 Å². The second-order valence-electron chi connectivity index (χ2n) is 9.88. The Morgan fingerprint density at radius 3 is 2.78 bits per heavy atom. The van der Waals surface area contributed by atoms with Crippen molar-refractivity contribution < 1.29 is 9.53 Å². The van der Waals surface area contributed by atoms with Crippen LogP contribution in [0.5, 0.6) is 0 Å². The summed E-state index contributed by atoms with van der Waals surface area (Å²) in [6.45, 7) is 10.5. The van der Waals surface area contributed by atoms with Gasteiger partial charge in [0.25, 0.3) is 0 Å². The topological polar surface area (TPSA) is 76.4 Å². The zero-order chi connectivity index (χ0) is 25.4. The molecule has 0 bridgehead atoms. The van der Waals surface area contributed by atoms with Crippen LogP contribution in [0.1, 0.15) is 44.0 Å². The Bertz CT molecular complexity index is 1260. The number of halogens is 2. The maximum absolute atomic E-state index is 11.9. The van der Waals surface area contributed by atoms with E-state index in [-0.39, 0.29) is 12.0 Å². The molecule has 0 spiro atoms. The molecule has 2 saturated heterocycles. The van der Waals surface area contributed by atoms with Gasteiger partial charge in [-0.1, -0.05) is 29.3 Å². The molecule has 10 heteroatoms. The molecule has 2 aromatic heterocycles. The van der Waals surface area contributed by atoms with E-state index in [1.165, 1.54) is 6.42 Å². The molecule has 2 aliphatic rings. The van der Waals surface area contributed by atoms with Crippen molar-refractivity contribution in [3.63, 3.8) is 0 Å². The van der Waals surface area contributed by atoms with E-state index in [9.17, 15) is 4.79 Å². The van der Waals surface area contributed by atoms with Crippen molar-refractivity contribution in [3.8, 4) is 0 Å². The van der Waals surface area contributed by atoms with Gasteiger partial charge < -0.3 is 9.64 Å². The quantitative estimate of drug-likeness (QED) is 0.407. The molecule has 4 heterocycles. The molecule has 2 atom stereocenters. The number of fused-ring (bicyclic) bond motifs is 1. The summed E-state index contributed by atoms with van der Waals surface area (Å²) in [5.74, 6) is 1.92. The second kappa shape index (κ2) is 10.5. The highest BCUT2D eigenvalue weighted by molar-refractivity contribution is 6.35. The molecule has 2 fully saturated rings. The van der Waals surface area contributed by atoms with Gasteiger partial charge in [-0.2, -0.15) is 5.10 Å². The van der Waals surface area contributed by atoms with Crippen molar-refractivity contribution in [3.05, 3.63) is 45.7 Å². The van der Waals surface area contributed by atoms with E-state index in [1.54, 1.807) is 6.07 Å². The highest BCUT2D eigenvalue weighted by Gasteiger charge is 2.37. The Hall–Kier alpha value is -2.42. The molecule has 1 aromatic carbocycles. The zero-order valence-electron chi connectivity index (χ0n) is 21.0. The number of esters is 1. The van der Waals surface area contributed by atoms with Crippen LogP contribution in [-0.4, -0.2) is 69.9 Å². The van der Waals surface area contributed by atoms with Crippen LogP contribution in [0.4, 0.5) is 5.82 Å². The van der Waals surface area contributed by atoms with Crippen molar-refractivity contribution in [2.75, 3.05) is 44.2 Å². The largest absolute Gasteiger partial charge is 0.465 e. The molecule has 0 radical (unpaired) electrons. The minimum Gasteiger partial charge on any atom is -0.465 e. The molecule has 8 nitrogen and oxygen atoms in total. The molecule has 0 unspecified atom stereocenters. The van der Waals surface area contributed by atoms with Gasteiger partial charge in [-0.25, -0.2) is 14.6 Å². The Labute approximate surface area is 221 Å². The van der Waals surface area contributed by atoms with Crippen LogP contribution in [0.25, 0.3) is 11.2 Å². The number of ether oxygens (including phenoxy) is 1. The van der Waals surface area contributed by atoms with Crippen LogP contribution in [0, 0.1) is 18.8 Å². The molecule has 0 amide bonds. The molecule has 0 aliphatic carbocycles. The third kappa shape index (κ3) is 5.04. The Morgan fingerprint density at radius 1 is 1.22 bits per heavy atom. The molecule has 2 aliphatic heterocycles. The van der Waals surface area contributed by atoms with Crippen molar-refractivity contribution in [2.45, 2.75) is 39.7 Å². The van der Waals surface area contributed by atoms with Gasteiger partial charge in [0.1, 0.15) is 11.3 Å². The van der Waals surface area contributed by atoms with Crippen molar-refractivity contribution in [2.24, 2.45) is 11.8 Å². The van der Waals surface area contributed by atoms with Gasteiger partial charge in [0.2, 0.25) is 0 Å². The number of rotatable bonds is 7. The fourth-order valence-corrected chi connectivity index (χ4v) is 6.01. The van der Waals surface area contributed by atoms with E-state index < -0.39 is 0 Å². The van der Waals surface area contributed by atoms with Gasteiger partial charge in [0.05, 0.1) is 31.1 Å². The van der Waals surface area contributed by atoms with Gasteiger partial charge in [0, 0.05) is 29.7 Å². The van der Waals surface area contributed by atoms with Crippen molar-refractivity contribution in [1.82, 2.24) is 24.6 Å². The summed E-state index contributed by atoms with van der Waals surface area (Å²) in [5.41, 5.74) is 3.33. The Kier molecular flexibility index (Phi) is 7.37. The van der Waals surface area contributed by atoms with E-state index >= 15 is 0 Å². The van der Waals surface area contributed by atoms with E-state index in [2.05, 4.69) is 16.7 Å². The fraction of sp³-hybridized carbons (Fsp3) is 0.538. The monoisotopic (exact) mass is 530 g/mol. The number of hydrogen-bond acceptors (Lipinski definition) is 7. The normalized spacial score (nSPS) is 19.9. The molecular formula is C26H32Cl2N6O2. The van der Waals surface area contributed by atoms with Crippen LogP contribution >= 0.6 is 23.2 Å². The number of likely N-dealkylation sites (tertiary alicyclic amines) is 1. The number of benzene rings is 1. The summed E-state index contributed by atoms with van der Waals surface area (Å²) in [7, 11) is 0. The Balaban J connectivity index is 1.29. The lowest BCUT2D eigenvalue weighted by molar-refractivity contribution is -0.145. The summed E-state index contributed by atoms with van der Waals surface area (Å²) in [6, 6.07) is 5.41. The first-order valence-corrected chi connectivity index (χ1v) is 13.4. The first-order valence-electron chi connectivity index (χ1n) is 12.6. The number of hydrogen-bond donors (Lipinski definition) is 0. The number of carbonyl (C=O) groups excluding carboxylic acids is 1. The predicted molar refractivity (Wildman–Crippen MR) is 142 cm³/mol. The second-order valence-corrected chi connectivity index (χ2v) is 10.7. The summed E-state index contributed by atoms with van der Waals surface area (Å²) < 4.78 is 7.04. The number of aryl methyl sites for hydroxylation is 1. The van der Waals surface area contributed by atoms with Gasteiger partial charge in [0.15, 0.2) is 5.65 Å². The zero-order valence-corrected chi connectivity index (χ0v) is 22.5. The van der Waals surface area contributed by atoms with E-state index in [1.807, 2.05) is 36.9 Å². The number of aromatic nitrogens is 4. The lowest BCUT2D eigenvalue weighted by Gasteiger charge is -2.46. The summed E-state index contributed by atoms with van der Waals surface area (Å²) in [5, 5.41) is 5.96. The van der Waals surface area contributed by atoms with Crippen LogP contribution < -0.4 is 4.90 Å². The van der Waals surface area contributed by atoms with Gasteiger partial charge in [-0.05, 0) is 69.7 Å². The van der Waals surface area contributed by atoms with Gasteiger partial charge in [-0.15, -0.1) is 0 Å². The molecule has 0 saturated carbocycles. The third-order valence-electron chi connectivity index (χ3n) is 7.44. The van der Waals surface area contributed by atoms with E-state index in [4.69, 9.17) is 43.0 Å². The third-order valence-corrected chi connectivity index (χ3v) is 8.00. The van der Waals surface area contributed by atoms with Crippen LogP contribution in [-0.2, 0) is 9.53 Å². The lowest BCUT2D eigenvalue weighted by Crippen LogP contribution is -2.54. The van der Waals surface area contributed by atoms with Gasteiger partial charge in [-0.3, -0.25) is 9.69 Å². The fourth-order valence-electron chi connectivity index (χ4n) is 5.44. The standard InChI is InChI=1S/C26H32Cl2N6O2/c1-4-36-24(35)15-32-9-5-6-18(12-32)19-13-33(14-19)23-11-29-25-16(2)31-34(26(25)30-23)17(3)21-8-7-20(27)10-22(21)28/h7-8,10-11,17-19H,4-6,9,12-15H2,1-3H3/t17-,18-/m1/s1. The highest BCUT2D eigenvalue weighted by atomic mass is 35.5.